The molecule has 0 saturated carbocycles. The molecule has 5 rings (SSSR count). The van der Waals surface area contributed by atoms with Gasteiger partial charge in [0.2, 0.25) is 0 Å². The minimum atomic E-state index is -3.93. The Morgan fingerprint density at radius 2 is 1.56 bits per heavy atom. The molecule has 5 aromatic rings. The molecule has 1 heterocycles. The number of hydrogen-bond donors (Lipinski definition) is 4. The molecule has 0 fully saturated rings. The monoisotopic (exact) mass is 569 g/mol. The summed E-state index contributed by atoms with van der Waals surface area (Å²) in [6.45, 7) is 1.65. The van der Waals surface area contributed by atoms with Gasteiger partial charge in [-0.1, -0.05) is 36.4 Å². The minimum absolute atomic E-state index is 0.0402. The molecule has 4 N–H and O–H groups in total. The molecule has 41 heavy (non-hydrogen) atoms. The fourth-order valence-corrected chi connectivity index (χ4v) is 5.51. The Kier molecular flexibility index (Phi) is 7.70. The van der Waals surface area contributed by atoms with Crippen LogP contribution in [0.4, 0.5) is 17.2 Å². The SMILES string of the molecule is CNC(=O)COc1ccc(Nc2nnc(-c3ccc(C)c(S(=O)(=O)Nc4ccc(O)cc4)c3)c3ccccc23)cc1. The summed E-state index contributed by atoms with van der Waals surface area (Å²) in [4.78, 5) is 11.5. The number of hydrogen-bond acceptors (Lipinski definition) is 8. The van der Waals surface area contributed by atoms with Crippen molar-refractivity contribution < 1.29 is 23.1 Å². The molecule has 0 atom stereocenters. The lowest BCUT2D eigenvalue weighted by molar-refractivity contribution is -0.122. The standard InChI is InChI=1S/C30H27N5O5S/c1-19-7-8-20(17-27(19)41(38,39)35-22-9-13-23(36)14-10-22)29-25-5-3-4-6-26(25)30(34-33-29)32-21-11-15-24(16-12-21)40-18-28(37)31-2/h3-17,35-36H,18H2,1-2H3,(H,31,37)(H,32,34). The summed E-state index contributed by atoms with van der Waals surface area (Å²) in [5.74, 6) is 0.896. The molecular weight excluding hydrogens is 542 g/mol. The van der Waals surface area contributed by atoms with Gasteiger partial charge in [-0.25, -0.2) is 8.42 Å². The number of sulfonamides is 1. The third-order valence-electron chi connectivity index (χ3n) is 6.32. The highest BCUT2D eigenvalue weighted by molar-refractivity contribution is 7.92. The Hall–Kier alpha value is -5.16. The van der Waals surface area contributed by atoms with Gasteiger partial charge in [0, 0.05) is 34.8 Å². The minimum Gasteiger partial charge on any atom is -0.508 e. The van der Waals surface area contributed by atoms with Crippen molar-refractivity contribution in [2.75, 3.05) is 23.7 Å². The average Bonchev–Trinajstić information content (AvgIpc) is 2.98. The first kappa shape index (κ1) is 27.4. The number of carbonyl (C=O) groups is 1. The van der Waals surface area contributed by atoms with E-state index in [4.69, 9.17) is 4.74 Å². The number of aromatic nitrogens is 2. The number of rotatable bonds is 9. The van der Waals surface area contributed by atoms with Gasteiger partial charge >= 0.3 is 0 Å². The first-order valence-corrected chi connectivity index (χ1v) is 14.1. The summed E-state index contributed by atoms with van der Waals surface area (Å²) < 4.78 is 34.6. The van der Waals surface area contributed by atoms with Crippen molar-refractivity contribution in [3.8, 4) is 22.8 Å². The fraction of sp³-hybridized carbons (Fsp3) is 0.100. The van der Waals surface area contributed by atoms with Gasteiger partial charge in [-0.05, 0) is 67.1 Å². The van der Waals surface area contributed by atoms with Crippen LogP contribution in [0.3, 0.4) is 0 Å². The van der Waals surface area contributed by atoms with Crippen LogP contribution in [0.5, 0.6) is 11.5 Å². The number of phenolic OH excluding ortho intramolecular Hbond substituents is 1. The Morgan fingerprint density at radius 1 is 0.878 bits per heavy atom. The molecule has 10 nitrogen and oxygen atoms in total. The van der Waals surface area contributed by atoms with E-state index in [0.717, 1.165) is 16.5 Å². The van der Waals surface area contributed by atoms with Gasteiger partial charge in [0.25, 0.3) is 15.9 Å². The zero-order chi connectivity index (χ0) is 29.0. The second kappa shape index (κ2) is 11.5. The van der Waals surface area contributed by atoms with E-state index in [9.17, 15) is 18.3 Å². The molecule has 0 spiro atoms. The van der Waals surface area contributed by atoms with Crippen LogP contribution in [0.15, 0.2) is 95.9 Å². The van der Waals surface area contributed by atoms with Crippen molar-refractivity contribution in [1.29, 1.82) is 0 Å². The van der Waals surface area contributed by atoms with E-state index in [1.165, 1.54) is 24.3 Å². The van der Waals surface area contributed by atoms with Crippen LogP contribution in [0, 0.1) is 6.92 Å². The molecule has 0 unspecified atom stereocenters. The summed E-state index contributed by atoms with van der Waals surface area (Å²) in [5.41, 5.74) is 2.77. The van der Waals surface area contributed by atoms with Gasteiger partial charge in [0.1, 0.15) is 17.2 Å². The molecule has 208 valence electrons. The number of nitrogens with zero attached hydrogens (tertiary/aromatic N) is 2. The van der Waals surface area contributed by atoms with Crippen LogP contribution in [0.1, 0.15) is 5.56 Å². The zero-order valence-corrected chi connectivity index (χ0v) is 23.1. The normalized spacial score (nSPS) is 11.2. The van der Waals surface area contributed by atoms with Crippen molar-refractivity contribution in [3.05, 3.63) is 96.6 Å². The molecule has 0 saturated heterocycles. The van der Waals surface area contributed by atoms with Crippen LogP contribution < -0.4 is 20.1 Å². The first-order valence-electron chi connectivity index (χ1n) is 12.6. The highest BCUT2D eigenvalue weighted by atomic mass is 32.2. The quantitative estimate of drug-likeness (QED) is 0.182. The molecular formula is C30H27N5O5S. The summed E-state index contributed by atoms with van der Waals surface area (Å²) in [6, 6.07) is 25.6. The van der Waals surface area contributed by atoms with E-state index in [2.05, 4.69) is 25.6 Å². The number of fused-ring (bicyclic) bond motifs is 1. The number of anilines is 3. The largest absolute Gasteiger partial charge is 0.508 e. The van der Waals surface area contributed by atoms with E-state index in [1.54, 1.807) is 38.2 Å². The Balaban J connectivity index is 1.44. The van der Waals surface area contributed by atoms with Gasteiger partial charge < -0.3 is 20.5 Å². The molecule has 1 amide bonds. The van der Waals surface area contributed by atoms with E-state index >= 15 is 0 Å². The number of nitrogens with one attached hydrogen (secondary N) is 3. The summed E-state index contributed by atoms with van der Waals surface area (Å²) in [7, 11) is -2.38. The lowest BCUT2D eigenvalue weighted by Gasteiger charge is -2.14. The lowest BCUT2D eigenvalue weighted by atomic mass is 10.0. The second-order valence-corrected chi connectivity index (χ2v) is 10.8. The number of phenols is 1. The number of benzene rings is 4. The van der Waals surface area contributed by atoms with E-state index in [-0.39, 0.29) is 23.2 Å². The van der Waals surface area contributed by atoms with Crippen LogP contribution in [-0.4, -0.2) is 43.3 Å². The topological polar surface area (TPSA) is 143 Å². The highest BCUT2D eigenvalue weighted by Gasteiger charge is 2.20. The predicted molar refractivity (Wildman–Crippen MR) is 158 cm³/mol. The number of ether oxygens (including phenoxy) is 1. The maximum atomic E-state index is 13.3. The number of aryl methyl sites for hydroxylation is 1. The van der Waals surface area contributed by atoms with Gasteiger partial charge in [-0.15, -0.1) is 10.2 Å². The predicted octanol–water partition coefficient (Wildman–Crippen LogP) is 4.98. The third kappa shape index (κ3) is 6.20. The van der Waals surface area contributed by atoms with Crippen LogP contribution in [0.25, 0.3) is 22.0 Å². The van der Waals surface area contributed by atoms with Crippen LogP contribution in [-0.2, 0) is 14.8 Å². The van der Waals surface area contributed by atoms with Gasteiger partial charge in [-0.3, -0.25) is 9.52 Å². The van der Waals surface area contributed by atoms with Crippen molar-refractivity contribution in [3.63, 3.8) is 0 Å². The smallest absolute Gasteiger partial charge is 0.262 e. The zero-order valence-electron chi connectivity index (χ0n) is 22.3. The van der Waals surface area contributed by atoms with Gasteiger partial charge in [0.05, 0.1) is 4.90 Å². The van der Waals surface area contributed by atoms with Gasteiger partial charge in [0.15, 0.2) is 12.4 Å². The van der Waals surface area contributed by atoms with Crippen LogP contribution >= 0.6 is 0 Å². The maximum absolute atomic E-state index is 13.3. The van der Waals surface area contributed by atoms with Crippen molar-refractivity contribution in [2.45, 2.75) is 11.8 Å². The van der Waals surface area contributed by atoms with Crippen molar-refractivity contribution >= 4 is 43.9 Å². The van der Waals surface area contributed by atoms with E-state index < -0.39 is 10.0 Å². The Bertz CT molecular complexity index is 1830. The molecule has 0 aliphatic rings. The van der Waals surface area contributed by atoms with Crippen LogP contribution in [0.2, 0.25) is 0 Å². The van der Waals surface area contributed by atoms with Crippen molar-refractivity contribution in [2.24, 2.45) is 0 Å². The second-order valence-electron chi connectivity index (χ2n) is 9.19. The molecule has 4 aromatic carbocycles. The number of aromatic hydroxyl groups is 1. The van der Waals surface area contributed by atoms with Gasteiger partial charge in [-0.2, -0.15) is 0 Å². The first-order chi connectivity index (χ1) is 19.7. The summed E-state index contributed by atoms with van der Waals surface area (Å²) in [5, 5.41) is 25.8. The van der Waals surface area contributed by atoms with E-state index in [0.29, 0.717) is 34.1 Å². The molecule has 1 aromatic heterocycles. The maximum Gasteiger partial charge on any atom is 0.262 e. The molecule has 11 heteroatoms. The number of likely N-dealkylation sites (N-methyl/N-ethyl adjacent to an activating group) is 1. The molecule has 0 aliphatic carbocycles. The lowest BCUT2D eigenvalue weighted by Crippen LogP contribution is -2.24. The summed E-state index contributed by atoms with van der Waals surface area (Å²) >= 11 is 0. The molecule has 0 bridgehead atoms. The van der Waals surface area contributed by atoms with Crippen molar-refractivity contribution in [1.82, 2.24) is 15.5 Å². The van der Waals surface area contributed by atoms with E-state index in [1.807, 2.05) is 42.5 Å². The Labute approximate surface area is 237 Å². The molecule has 0 aliphatic heterocycles. The number of amides is 1. The third-order valence-corrected chi connectivity index (χ3v) is 7.85. The Morgan fingerprint density at radius 3 is 2.27 bits per heavy atom. The fourth-order valence-electron chi connectivity index (χ4n) is 4.18. The molecule has 0 radical (unpaired) electrons. The number of carbonyl (C=O) groups excluding carboxylic acids is 1. The average molecular weight is 570 g/mol. The summed E-state index contributed by atoms with van der Waals surface area (Å²) in [6.07, 6.45) is 0. The highest BCUT2D eigenvalue weighted by Crippen LogP contribution is 2.33.